The first-order chi connectivity index (χ1) is 11.1. The van der Waals surface area contributed by atoms with E-state index < -0.39 is 12.0 Å². The summed E-state index contributed by atoms with van der Waals surface area (Å²) in [6.07, 6.45) is 3.11. The zero-order chi connectivity index (χ0) is 16.1. The summed E-state index contributed by atoms with van der Waals surface area (Å²) in [6.45, 7) is 0. The van der Waals surface area contributed by atoms with Crippen LogP contribution in [-0.2, 0) is 20.8 Å². The van der Waals surface area contributed by atoms with Gasteiger partial charge in [0.05, 0.1) is 11.8 Å². The zero-order valence-corrected chi connectivity index (χ0v) is 12.7. The second kappa shape index (κ2) is 5.18. The molecule has 2 bridgehead atoms. The van der Waals surface area contributed by atoms with E-state index >= 15 is 0 Å². The van der Waals surface area contributed by atoms with Crippen molar-refractivity contribution in [2.24, 2.45) is 23.7 Å². The number of benzene rings is 1. The molecule has 4 rings (SSSR count). The number of carboxylic acid groups (broad SMARTS) is 1. The molecular weight excluding hydrogens is 294 g/mol. The van der Waals surface area contributed by atoms with E-state index in [1.165, 1.54) is 0 Å². The van der Waals surface area contributed by atoms with Gasteiger partial charge in [-0.1, -0.05) is 30.3 Å². The quantitative estimate of drug-likeness (QED) is 0.859. The second-order valence-electron chi connectivity index (χ2n) is 6.98. The van der Waals surface area contributed by atoms with Gasteiger partial charge in [-0.3, -0.25) is 14.5 Å². The highest BCUT2D eigenvalue weighted by Crippen LogP contribution is 2.56. The molecule has 0 radical (unpaired) electrons. The first-order valence-electron chi connectivity index (χ1n) is 8.21. The van der Waals surface area contributed by atoms with Crippen LogP contribution in [0.3, 0.4) is 0 Å². The van der Waals surface area contributed by atoms with Gasteiger partial charge in [0.2, 0.25) is 11.8 Å². The molecular formula is C18H19NO4. The van der Waals surface area contributed by atoms with E-state index in [9.17, 15) is 19.5 Å². The minimum absolute atomic E-state index is 0.169. The molecule has 1 aromatic rings. The van der Waals surface area contributed by atoms with Gasteiger partial charge < -0.3 is 5.11 Å². The van der Waals surface area contributed by atoms with Crippen molar-refractivity contribution in [1.29, 1.82) is 0 Å². The van der Waals surface area contributed by atoms with Crippen molar-refractivity contribution in [3.05, 3.63) is 35.9 Å². The maximum absolute atomic E-state index is 12.8. The number of hydrogen-bond acceptors (Lipinski definition) is 3. The van der Waals surface area contributed by atoms with Gasteiger partial charge in [-0.05, 0) is 36.7 Å². The number of nitrogens with zero attached hydrogens (tertiary/aromatic N) is 1. The molecule has 2 saturated carbocycles. The third-order valence-corrected chi connectivity index (χ3v) is 5.83. The van der Waals surface area contributed by atoms with Gasteiger partial charge in [0, 0.05) is 6.42 Å². The number of amides is 2. The fourth-order valence-corrected chi connectivity index (χ4v) is 4.87. The number of carbonyl (C=O) groups excluding carboxylic acids is 2. The molecule has 1 aromatic carbocycles. The van der Waals surface area contributed by atoms with E-state index in [1.807, 2.05) is 30.3 Å². The fraction of sp³-hybridized carbons (Fsp3) is 0.500. The molecule has 1 N–H and O–H groups in total. The molecule has 0 spiro atoms. The molecule has 23 heavy (non-hydrogen) atoms. The third-order valence-electron chi connectivity index (χ3n) is 5.83. The van der Waals surface area contributed by atoms with Crippen LogP contribution in [0.15, 0.2) is 30.3 Å². The van der Waals surface area contributed by atoms with Crippen molar-refractivity contribution in [1.82, 2.24) is 4.90 Å². The number of imide groups is 1. The van der Waals surface area contributed by atoms with Crippen LogP contribution in [-0.4, -0.2) is 33.8 Å². The van der Waals surface area contributed by atoms with Crippen LogP contribution in [0.5, 0.6) is 0 Å². The summed E-state index contributed by atoms with van der Waals surface area (Å²) < 4.78 is 0. The van der Waals surface area contributed by atoms with Gasteiger partial charge >= 0.3 is 5.97 Å². The summed E-state index contributed by atoms with van der Waals surface area (Å²) in [5.74, 6) is -1.60. The van der Waals surface area contributed by atoms with Crippen molar-refractivity contribution >= 4 is 17.8 Å². The predicted octanol–water partition coefficient (Wildman–Crippen LogP) is 1.71. The molecule has 2 aliphatic carbocycles. The Bertz CT molecular complexity index is 643. The Balaban J connectivity index is 1.63. The van der Waals surface area contributed by atoms with E-state index in [0.717, 1.165) is 29.7 Å². The highest BCUT2D eigenvalue weighted by molar-refractivity contribution is 6.08. The largest absolute Gasteiger partial charge is 0.480 e. The molecule has 1 heterocycles. The monoisotopic (exact) mass is 313 g/mol. The van der Waals surface area contributed by atoms with Crippen LogP contribution in [0.4, 0.5) is 0 Å². The number of hydrogen-bond donors (Lipinski definition) is 1. The number of carboxylic acids is 1. The Labute approximate surface area is 134 Å². The van der Waals surface area contributed by atoms with Crippen molar-refractivity contribution < 1.29 is 19.5 Å². The maximum Gasteiger partial charge on any atom is 0.327 e. The average molecular weight is 313 g/mol. The Morgan fingerprint density at radius 3 is 2.17 bits per heavy atom. The number of carbonyl (C=O) groups is 3. The van der Waals surface area contributed by atoms with Gasteiger partial charge in [0.25, 0.3) is 0 Å². The number of likely N-dealkylation sites (tertiary alicyclic amines) is 1. The first kappa shape index (κ1) is 14.4. The molecule has 1 aliphatic heterocycles. The van der Waals surface area contributed by atoms with E-state index in [1.54, 1.807) is 0 Å². The molecule has 2 amide bonds. The van der Waals surface area contributed by atoms with Crippen molar-refractivity contribution in [2.45, 2.75) is 31.7 Å². The number of fused-ring (bicyclic) bond motifs is 5. The zero-order valence-electron chi connectivity index (χ0n) is 12.7. The molecule has 0 unspecified atom stereocenters. The van der Waals surface area contributed by atoms with Gasteiger partial charge in [-0.15, -0.1) is 0 Å². The summed E-state index contributed by atoms with van der Waals surface area (Å²) in [4.78, 5) is 38.3. The van der Waals surface area contributed by atoms with Crippen LogP contribution in [0.25, 0.3) is 0 Å². The number of aliphatic carboxylic acids is 1. The van der Waals surface area contributed by atoms with Crippen LogP contribution in [0.1, 0.15) is 24.8 Å². The Morgan fingerprint density at radius 1 is 1.09 bits per heavy atom. The van der Waals surface area contributed by atoms with Crippen LogP contribution in [0.2, 0.25) is 0 Å². The summed E-state index contributed by atoms with van der Waals surface area (Å²) in [7, 11) is 0. The van der Waals surface area contributed by atoms with Crippen LogP contribution >= 0.6 is 0 Å². The molecule has 3 fully saturated rings. The highest BCUT2D eigenvalue weighted by atomic mass is 16.4. The normalized spacial score (nSPS) is 33.1. The summed E-state index contributed by atoms with van der Waals surface area (Å²) in [6, 6.07) is 8.07. The van der Waals surface area contributed by atoms with E-state index in [0.29, 0.717) is 0 Å². The smallest absolute Gasteiger partial charge is 0.327 e. The lowest BCUT2D eigenvalue weighted by Crippen LogP contribution is -2.47. The topological polar surface area (TPSA) is 74.7 Å². The Hall–Kier alpha value is -2.17. The average Bonchev–Trinajstić information content (AvgIpc) is 3.21. The summed E-state index contributed by atoms with van der Waals surface area (Å²) in [5, 5.41) is 9.60. The van der Waals surface area contributed by atoms with Crippen molar-refractivity contribution in [3.8, 4) is 0 Å². The molecule has 5 atom stereocenters. The van der Waals surface area contributed by atoms with Crippen LogP contribution < -0.4 is 0 Å². The van der Waals surface area contributed by atoms with Gasteiger partial charge in [-0.25, -0.2) is 4.79 Å². The first-order valence-corrected chi connectivity index (χ1v) is 8.21. The Kier molecular flexibility index (Phi) is 3.25. The predicted molar refractivity (Wildman–Crippen MR) is 81.2 cm³/mol. The Morgan fingerprint density at radius 2 is 1.65 bits per heavy atom. The molecule has 1 saturated heterocycles. The second-order valence-corrected chi connectivity index (χ2v) is 6.98. The maximum atomic E-state index is 12.8. The molecule has 5 nitrogen and oxygen atoms in total. The third kappa shape index (κ3) is 2.10. The van der Waals surface area contributed by atoms with Crippen molar-refractivity contribution in [2.75, 3.05) is 0 Å². The van der Waals surface area contributed by atoms with Crippen molar-refractivity contribution in [3.63, 3.8) is 0 Å². The molecule has 3 aliphatic rings. The van der Waals surface area contributed by atoms with E-state index in [-0.39, 0.29) is 41.9 Å². The fourth-order valence-electron chi connectivity index (χ4n) is 4.87. The minimum atomic E-state index is -1.11. The lowest BCUT2D eigenvalue weighted by molar-refractivity contribution is -0.155. The standard InChI is InChI=1S/C18H19NO4/c20-16-14-11-6-7-12(9-11)15(14)17(21)19(16)13(18(22)23)8-10-4-2-1-3-5-10/h1-5,11-15H,6-9H2,(H,22,23)/t11-,12+,13-,14+,15+/m1/s1. The SMILES string of the molecule is O=C(O)[C@@H](Cc1ccccc1)N1C(=O)[C@H]2[C@@H]3CC[C@@H](C3)[C@@H]2C1=O. The summed E-state index contributed by atoms with van der Waals surface area (Å²) >= 11 is 0. The highest BCUT2D eigenvalue weighted by Gasteiger charge is 2.62. The minimum Gasteiger partial charge on any atom is -0.480 e. The molecule has 120 valence electrons. The van der Waals surface area contributed by atoms with Gasteiger partial charge in [0.15, 0.2) is 0 Å². The lowest BCUT2D eigenvalue weighted by Gasteiger charge is -2.24. The number of rotatable bonds is 4. The lowest BCUT2D eigenvalue weighted by atomic mass is 9.81. The van der Waals surface area contributed by atoms with Gasteiger partial charge in [0.1, 0.15) is 6.04 Å². The molecule has 0 aromatic heterocycles. The van der Waals surface area contributed by atoms with Crippen LogP contribution in [0, 0.1) is 23.7 Å². The van der Waals surface area contributed by atoms with E-state index in [4.69, 9.17) is 0 Å². The molecule has 5 heteroatoms. The van der Waals surface area contributed by atoms with Gasteiger partial charge in [-0.2, -0.15) is 0 Å². The summed E-state index contributed by atoms with van der Waals surface area (Å²) in [5.41, 5.74) is 0.820. The van der Waals surface area contributed by atoms with E-state index in [2.05, 4.69) is 0 Å².